The van der Waals surface area contributed by atoms with Crippen LogP contribution >= 0.6 is 0 Å². The Morgan fingerprint density at radius 2 is 1.74 bits per heavy atom. The smallest absolute Gasteiger partial charge is 0.227 e. The Bertz CT molecular complexity index is 532. The third-order valence-electron chi connectivity index (χ3n) is 2.65. The highest BCUT2D eigenvalue weighted by molar-refractivity contribution is 5.95. The SMILES string of the molecule is CC(C)Oc1ccc(C(=O)C[n+]2ccccc2)cc1. The molecule has 0 bridgehead atoms. The number of Topliss-reactive ketones (excluding diaryl/α,β-unsaturated/α-hetero) is 1. The summed E-state index contributed by atoms with van der Waals surface area (Å²) in [5.74, 6) is 0.881. The third-order valence-corrected chi connectivity index (χ3v) is 2.65. The molecule has 0 unspecified atom stereocenters. The molecule has 0 spiro atoms. The van der Waals surface area contributed by atoms with Crippen molar-refractivity contribution in [2.75, 3.05) is 0 Å². The van der Waals surface area contributed by atoms with Gasteiger partial charge in [-0.15, -0.1) is 0 Å². The zero-order valence-corrected chi connectivity index (χ0v) is 11.2. The van der Waals surface area contributed by atoms with Crippen molar-refractivity contribution in [1.82, 2.24) is 0 Å². The summed E-state index contributed by atoms with van der Waals surface area (Å²) in [4.78, 5) is 12.1. The molecular weight excluding hydrogens is 238 g/mol. The second-order valence-corrected chi connectivity index (χ2v) is 4.66. The van der Waals surface area contributed by atoms with Gasteiger partial charge in [0.05, 0.1) is 6.10 Å². The number of carbonyl (C=O) groups is 1. The lowest BCUT2D eigenvalue weighted by Gasteiger charge is -2.09. The van der Waals surface area contributed by atoms with Crippen molar-refractivity contribution in [3.63, 3.8) is 0 Å². The number of hydrogen-bond acceptors (Lipinski definition) is 2. The second-order valence-electron chi connectivity index (χ2n) is 4.66. The fourth-order valence-electron chi connectivity index (χ4n) is 1.79. The van der Waals surface area contributed by atoms with E-state index in [4.69, 9.17) is 4.74 Å². The molecule has 19 heavy (non-hydrogen) atoms. The van der Waals surface area contributed by atoms with Gasteiger partial charge in [-0.25, -0.2) is 0 Å². The highest BCUT2D eigenvalue weighted by atomic mass is 16.5. The maximum absolute atomic E-state index is 12.1. The minimum atomic E-state index is 0.0901. The molecule has 0 saturated carbocycles. The summed E-state index contributed by atoms with van der Waals surface area (Å²) in [6.45, 7) is 4.31. The number of nitrogens with zero attached hydrogens (tertiary/aromatic N) is 1. The van der Waals surface area contributed by atoms with Gasteiger partial charge in [0.2, 0.25) is 12.3 Å². The Hall–Kier alpha value is -2.16. The van der Waals surface area contributed by atoms with Crippen molar-refractivity contribution in [2.45, 2.75) is 26.5 Å². The van der Waals surface area contributed by atoms with Crippen molar-refractivity contribution in [3.8, 4) is 5.75 Å². The lowest BCUT2D eigenvalue weighted by molar-refractivity contribution is -0.683. The van der Waals surface area contributed by atoms with E-state index in [9.17, 15) is 4.79 Å². The molecule has 0 fully saturated rings. The van der Waals surface area contributed by atoms with Gasteiger partial charge >= 0.3 is 0 Å². The van der Waals surface area contributed by atoms with Crippen molar-refractivity contribution in [1.29, 1.82) is 0 Å². The molecule has 0 aliphatic rings. The summed E-state index contributed by atoms with van der Waals surface area (Å²) >= 11 is 0. The number of carbonyl (C=O) groups excluding carboxylic acids is 1. The zero-order valence-electron chi connectivity index (χ0n) is 11.2. The van der Waals surface area contributed by atoms with Gasteiger partial charge in [-0.3, -0.25) is 4.79 Å². The minimum absolute atomic E-state index is 0.0901. The Balaban J connectivity index is 2.04. The quantitative estimate of drug-likeness (QED) is 0.608. The van der Waals surface area contributed by atoms with E-state index < -0.39 is 0 Å². The summed E-state index contributed by atoms with van der Waals surface area (Å²) in [7, 11) is 0. The molecule has 3 nitrogen and oxygen atoms in total. The molecule has 98 valence electrons. The number of ketones is 1. The maximum atomic E-state index is 12.1. The van der Waals surface area contributed by atoms with Crippen molar-refractivity contribution in [2.24, 2.45) is 0 Å². The molecule has 0 saturated heterocycles. The van der Waals surface area contributed by atoms with Crippen molar-refractivity contribution in [3.05, 3.63) is 60.4 Å². The minimum Gasteiger partial charge on any atom is -0.491 e. The van der Waals surface area contributed by atoms with Crippen molar-refractivity contribution < 1.29 is 14.1 Å². The second kappa shape index (κ2) is 6.14. The number of hydrogen-bond donors (Lipinski definition) is 0. The van der Waals surface area contributed by atoms with Crippen molar-refractivity contribution >= 4 is 5.78 Å². The first-order valence-electron chi connectivity index (χ1n) is 6.39. The Labute approximate surface area is 113 Å². The fourth-order valence-corrected chi connectivity index (χ4v) is 1.79. The zero-order chi connectivity index (χ0) is 13.7. The molecule has 0 N–H and O–H groups in total. The van der Waals surface area contributed by atoms with Gasteiger partial charge in [-0.1, -0.05) is 6.07 Å². The highest BCUT2D eigenvalue weighted by Crippen LogP contribution is 2.14. The first kappa shape index (κ1) is 13.3. The van der Waals surface area contributed by atoms with Crippen LogP contribution in [0.2, 0.25) is 0 Å². The Kier molecular flexibility index (Phi) is 4.29. The number of ether oxygens (including phenoxy) is 1. The van der Waals surface area contributed by atoms with Gasteiger partial charge in [-0.2, -0.15) is 4.57 Å². The predicted molar refractivity (Wildman–Crippen MR) is 73.2 cm³/mol. The van der Waals surface area contributed by atoms with Gasteiger partial charge in [0, 0.05) is 17.7 Å². The van der Waals surface area contributed by atoms with Crippen LogP contribution in [-0.4, -0.2) is 11.9 Å². The lowest BCUT2D eigenvalue weighted by atomic mass is 10.1. The molecule has 0 radical (unpaired) electrons. The molecule has 0 atom stereocenters. The molecular formula is C16H18NO2+. The lowest BCUT2D eigenvalue weighted by Crippen LogP contribution is -2.36. The van der Waals surface area contributed by atoms with E-state index in [0.29, 0.717) is 12.1 Å². The van der Waals surface area contributed by atoms with Crippen LogP contribution in [0, 0.1) is 0 Å². The molecule has 3 heteroatoms. The van der Waals surface area contributed by atoms with Gasteiger partial charge in [0.1, 0.15) is 5.75 Å². The average Bonchev–Trinajstić information content (AvgIpc) is 2.40. The molecule has 0 amide bonds. The van der Waals surface area contributed by atoms with Crippen LogP contribution in [0.4, 0.5) is 0 Å². The van der Waals surface area contributed by atoms with E-state index in [1.165, 1.54) is 0 Å². The summed E-state index contributed by atoms with van der Waals surface area (Å²) in [5.41, 5.74) is 0.701. The number of benzene rings is 1. The average molecular weight is 256 g/mol. The van der Waals surface area contributed by atoms with Crippen LogP contribution in [0.25, 0.3) is 0 Å². The van der Waals surface area contributed by atoms with Gasteiger partial charge < -0.3 is 4.74 Å². The molecule has 1 heterocycles. The van der Waals surface area contributed by atoms with Crippen LogP contribution in [0.15, 0.2) is 54.9 Å². The Morgan fingerprint density at radius 1 is 1.11 bits per heavy atom. The topological polar surface area (TPSA) is 30.2 Å². The van der Waals surface area contributed by atoms with Gasteiger partial charge in [0.15, 0.2) is 12.4 Å². The van der Waals surface area contributed by atoms with E-state index in [2.05, 4.69) is 0 Å². The summed E-state index contributed by atoms with van der Waals surface area (Å²) in [6.07, 6.45) is 3.91. The number of rotatable bonds is 5. The predicted octanol–water partition coefficient (Wildman–Crippen LogP) is 2.64. The number of aromatic nitrogens is 1. The molecule has 1 aromatic heterocycles. The summed E-state index contributed by atoms with van der Waals surface area (Å²) in [6, 6.07) is 13.0. The first-order valence-corrected chi connectivity index (χ1v) is 6.39. The maximum Gasteiger partial charge on any atom is 0.227 e. The number of pyridine rings is 1. The van der Waals surface area contributed by atoms with Crippen LogP contribution < -0.4 is 9.30 Å². The van der Waals surface area contributed by atoms with E-state index in [1.54, 1.807) is 0 Å². The third kappa shape index (κ3) is 3.91. The van der Waals surface area contributed by atoms with Crippen LogP contribution in [0.3, 0.4) is 0 Å². The molecule has 2 aromatic rings. The van der Waals surface area contributed by atoms with E-state index >= 15 is 0 Å². The van der Waals surface area contributed by atoms with Gasteiger partial charge in [-0.05, 0) is 38.1 Å². The summed E-state index contributed by atoms with van der Waals surface area (Å²) < 4.78 is 7.41. The van der Waals surface area contributed by atoms with Crippen LogP contribution in [0.5, 0.6) is 5.75 Å². The normalized spacial score (nSPS) is 10.5. The van der Waals surface area contributed by atoms with Crippen LogP contribution in [0.1, 0.15) is 24.2 Å². The summed E-state index contributed by atoms with van der Waals surface area (Å²) in [5, 5.41) is 0. The standard InChI is InChI=1S/C16H18NO2/c1-13(2)19-15-8-6-14(7-9-15)16(18)12-17-10-4-3-5-11-17/h3-11,13H,12H2,1-2H3/q+1. The fraction of sp³-hybridized carbons (Fsp3) is 0.250. The highest BCUT2D eigenvalue weighted by Gasteiger charge is 2.11. The van der Waals surface area contributed by atoms with E-state index in [1.807, 2.05) is 73.3 Å². The molecule has 2 rings (SSSR count). The molecule has 0 aliphatic carbocycles. The van der Waals surface area contributed by atoms with Gasteiger partial charge in [0.25, 0.3) is 0 Å². The molecule has 0 aliphatic heterocycles. The molecule has 1 aromatic carbocycles. The largest absolute Gasteiger partial charge is 0.491 e. The first-order chi connectivity index (χ1) is 9.15. The Morgan fingerprint density at radius 3 is 2.32 bits per heavy atom. The van der Waals surface area contributed by atoms with E-state index in [-0.39, 0.29) is 11.9 Å². The van der Waals surface area contributed by atoms with Crippen LogP contribution in [-0.2, 0) is 6.54 Å². The monoisotopic (exact) mass is 256 g/mol. The van der Waals surface area contributed by atoms with E-state index in [0.717, 1.165) is 5.75 Å².